The van der Waals surface area contributed by atoms with Crippen molar-refractivity contribution in [1.29, 1.82) is 0 Å². The lowest BCUT2D eigenvalue weighted by atomic mass is 10.1. The van der Waals surface area contributed by atoms with Crippen LogP contribution in [0.5, 0.6) is 0 Å². The van der Waals surface area contributed by atoms with Crippen LogP contribution >= 0.6 is 0 Å². The quantitative estimate of drug-likeness (QED) is 0.646. The van der Waals surface area contributed by atoms with Crippen LogP contribution in [0.1, 0.15) is 36.5 Å². The zero-order valence-electron chi connectivity index (χ0n) is 8.80. The van der Waals surface area contributed by atoms with Gasteiger partial charge in [0.2, 0.25) is 0 Å². The van der Waals surface area contributed by atoms with Gasteiger partial charge in [-0.1, -0.05) is 43.7 Å². The minimum absolute atomic E-state index is 1.17. The van der Waals surface area contributed by atoms with Crippen LogP contribution in [0.3, 0.4) is 0 Å². The van der Waals surface area contributed by atoms with Gasteiger partial charge in [-0.05, 0) is 37.0 Å². The van der Waals surface area contributed by atoms with E-state index in [1.165, 1.54) is 29.5 Å². The highest BCUT2D eigenvalue weighted by Gasteiger charge is 1.91. The number of benzene rings is 1. The van der Waals surface area contributed by atoms with Gasteiger partial charge in [-0.2, -0.15) is 0 Å². The highest BCUT2D eigenvalue weighted by Crippen LogP contribution is 2.11. The van der Waals surface area contributed by atoms with Crippen molar-refractivity contribution in [3.63, 3.8) is 0 Å². The van der Waals surface area contributed by atoms with Gasteiger partial charge in [-0.15, -0.1) is 0 Å². The van der Waals surface area contributed by atoms with Crippen molar-refractivity contribution in [3.8, 4) is 0 Å². The topological polar surface area (TPSA) is 0 Å². The van der Waals surface area contributed by atoms with Crippen LogP contribution in [0.25, 0.3) is 6.08 Å². The summed E-state index contributed by atoms with van der Waals surface area (Å²) in [6.07, 6.45) is 6.84. The first-order valence-corrected chi connectivity index (χ1v) is 4.98. The van der Waals surface area contributed by atoms with E-state index in [-0.39, 0.29) is 0 Å². The normalized spacial score (nSPS) is 11.0. The third-order valence-corrected chi connectivity index (χ3v) is 2.30. The van der Waals surface area contributed by atoms with Gasteiger partial charge in [0.15, 0.2) is 0 Å². The largest absolute Gasteiger partial charge is 0.0840 e. The second-order valence-corrected chi connectivity index (χ2v) is 3.53. The molecule has 1 aromatic rings. The van der Waals surface area contributed by atoms with Crippen molar-refractivity contribution in [2.45, 2.75) is 33.6 Å². The van der Waals surface area contributed by atoms with E-state index in [4.69, 9.17) is 0 Å². The number of hydrogen-bond donors (Lipinski definition) is 0. The molecule has 0 saturated heterocycles. The average Bonchev–Trinajstić information content (AvgIpc) is 2.12. The molecule has 0 saturated carbocycles. The summed E-state index contributed by atoms with van der Waals surface area (Å²) < 4.78 is 0. The summed E-state index contributed by atoms with van der Waals surface area (Å²) in [7, 11) is 0. The van der Waals surface area contributed by atoms with Gasteiger partial charge in [0.05, 0.1) is 0 Å². The molecule has 0 radical (unpaired) electrons. The van der Waals surface area contributed by atoms with E-state index in [2.05, 4.69) is 51.1 Å². The molecule has 0 heteroatoms. The van der Waals surface area contributed by atoms with Gasteiger partial charge in [0.1, 0.15) is 0 Å². The van der Waals surface area contributed by atoms with E-state index >= 15 is 0 Å². The first kappa shape index (κ1) is 10.0. The second kappa shape index (κ2) is 4.86. The third-order valence-electron chi connectivity index (χ3n) is 2.30. The number of unbranched alkanes of at least 4 members (excludes halogenated alkanes) is 1. The summed E-state index contributed by atoms with van der Waals surface area (Å²) in [6, 6.07) is 6.59. The molecular weight excluding hydrogens is 156 g/mol. The molecule has 13 heavy (non-hydrogen) atoms. The number of hydrogen-bond acceptors (Lipinski definition) is 0. The number of aryl methyl sites for hydroxylation is 2. The summed E-state index contributed by atoms with van der Waals surface area (Å²) in [4.78, 5) is 0. The van der Waals surface area contributed by atoms with Crippen LogP contribution in [-0.2, 0) is 0 Å². The Hall–Kier alpha value is -1.04. The highest BCUT2D eigenvalue weighted by atomic mass is 14.0. The summed E-state index contributed by atoms with van der Waals surface area (Å²) in [5.74, 6) is 0. The molecule has 0 bridgehead atoms. The molecule has 0 N–H and O–H groups in total. The third kappa shape index (κ3) is 3.06. The predicted octanol–water partition coefficient (Wildman–Crippen LogP) is 4.12. The Labute approximate surface area is 81.3 Å². The van der Waals surface area contributed by atoms with Crippen LogP contribution in [0.4, 0.5) is 0 Å². The van der Waals surface area contributed by atoms with Crippen molar-refractivity contribution in [3.05, 3.63) is 41.0 Å². The van der Waals surface area contributed by atoms with Crippen LogP contribution in [0.15, 0.2) is 24.3 Å². The van der Waals surface area contributed by atoms with Gasteiger partial charge in [-0.3, -0.25) is 0 Å². The van der Waals surface area contributed by atoms with Crippen molar-refractivity contribution in [1.82, 2.24) is 0 Å². The van der Waals surface area contributed by atoms with Gasteiger partial charge in [0, 0.05) is 0 Å². The van der Waals surface area contributed by atoms with Gasteiger partial charge >= 0.3 is 0 Å². The minimum Gasteiger partial charge on any atom is -0.0840 e. The summed E-state index contributed by atoms with van der Waals surface area (Å²) >= 11 is 0. The lowest BCUT2D eigenvalue weighted by Gasteiger charge is -2.00. The zero-order valence-corrected chi connectivity index (χ0v) is 8.80. The molecule has 0 atom stereocenters. The Balaban J connectivity index is 2.73. The van der Waals surface area contributed by atoms with E-state index in [0.717, 1.165) is 0 Å². The van der Waals surface area contributed by atoms with Crippen molar-refractivity contribution in [2.75, 3.05) is 0 Å². The SMILES string of the molecule is CCC/C=C/c1ccc(C)c(C)c1. The van der Waals surface area contributed by atoms with E-state index in [0.29, 0.717) is 0 Å². The lowest BCUT2D eigenvalue weighted by molar-refractivity contribution is 0.962. The standard InChI is InChI=1S/C13H18/c1-4-5-6-7-13-9-8-11(2)12(3)10-13/h6-10H,4-5H2,1-3H3/b7-6+. The van der Waals surface area contributed by atoms with E-state index in [9.17, 15) is 0 Å². The molecule has 0 aromatic heterocycles. The average molecular weight is 174 g/mol. The fourth-order valence-corrected chi connectivity index (χ4v) is 1.25. The van der Waals surface area contributed by atoms with Crippen molar-refractivity contribution >= 4 is 6.08 Å². The first-order valence-electron chi connectivity index (χ1n) is 4.98. The lowest BCUT2D eigenvalue weighted by Crippen LogP contribution is -1.81. The second-order valence-electron chi connectivity index (χ2n) is 3.53. The molecule has 0 heterocycles. The van der Waals surface area contributed by atoms with Crippen molar-refractivity contribution < 1.29 is 0 Å². The van der Waals surface area contributed by atoms with E-state index in [1.807, 2.05) is 0 Å². The summed E-state index contributed by atoms with van der Waals surface area (Å²) in [5, 5.41) is 0. The molecule has 0 nitrogen and oxygen atoms in total. The Morgan fingerprint density at radius 1 is 1.15 bits per heavy atom. The van der Waals surface area contributed by atoms with E-state index in [1.54, 1.807) is 0 Å². The fourth-order valence-electron chi connectivity index (χ4n) is 1.25. The number of allylic oxidation sites excluding steroid dienone is 1. The molecule has 0 spiro atoms. The van der Waals surface area contributed by atoms with Gasteiger partial charge in [0.25, 0.3) is 0 Å². The molecule has 0 amide bonds. The maximum atomic E-state index is 2.24. The molecule has 1 rings (SSSR count). The van der Waals surface area contributed by atoms with Crippen molar-refractivity contribution in [2.24, 2.45) is 0 Å². The smallest absolute Gasteiger partial charge is 0.0257 e. The van der Waals surface area contributed by atoms with E-state index < -0.39 is 0 Å². The maximum absolute atomic E-state index is 2.24. The molecular formula is C13H18. The molecule has 0 aliphatic heterocycles. The molecule has 0 aliphatic carbocycles. The van der Waals surface area contributed by atoms with Crippen LogP contribution in [0.2, 0.25) is 0 Å². The molecule has 0 unspecified atom stereocenters. The highest BCUT2D eigenvalue weighted by molar-refractivity contribution is 5.51. The maximum Gasteiger partial charge on any atom is -0.0257 e. The monoisotopic (exact) mass is 174 g/mol. The Bertz CT molecular complexity index is 295. The molecule has 1 aromatic carbocycles. The Morgan fingerprint density at radius 3 is 2.54 bits per heavy atom. The number of rotatable bonds is 3. The Kier molecular flexibility index (Phi) is 3.75. The summed E-state index contributed by atoms with van der Waals surface area (Å²) in [6.45, 7) is 6.51. The van der Waals surface area contributed by atoms with Crippen LogP contribution < -0.4 is 0 Å². The minimum atomic E-state index is 1.17. The molecule has 0 fully saturated rings. The van der Waals surface area contributed by atoms with Crippen LogP contribution in [-0.4, -0.2) is 0 Å². The van der Waals surface area contributed by atoms with Gasteiger partial charge in [-0.25, -0.2) is 0 Å². The molecule has 0 aliphatic rings. The molecule has 70 valence electrons. The van der Waals surface area contributed by atoms with Crippen LogP contribution in [0, 0.1) is 13.8 Å². The van der Waals surface area contributed by atoms with Gasteiger partial charge < -0.3 is 0 Å². The predicted molar refractivity (Wildman–Crippen MR) is 59.9 cm³/mol. The summed E-state index contributed by atoms with van der Waals surface area (Å²) in [5.41, 5.74) is 4.06. The first-order chi connectivity index (χ1) is 6.24. The fraction of sp³-hybridized carbons (Fsp3) is 0.385. The Morgan fingerprint density at radius 2 is 1.92 bits per heavy atom. The zero-order chi connectivity index (χ0) is 9.68.